The Morgan fingerprint density at radius 1 is 1.36 bits per heavy atom. The summed E-state index contributed by atoms with van der Waals surface area (Å²) in [6.07, 6.45) is 0.666. The van der Waals surface area contributed by atoms with Crippen molar-refractivity contribution in [1.82, 2.24) is 10.2 Å². The van der Waals surface area contributed by atoms with Crippen molar-refractivity contribution in [3.8, 4) is 0 Å². The van der Waals surface area contributed by atoms with Gasteiger partial charge in [0.05, 0.1) is 12.3 Å². The lowest BCUT2D eigenvalue weighted by Gasteiger charge is -2.15. The van der Waals surface area contributed by atoms with Crippen molar-refractivity contribution in [3.05, 3.63) is 24.0 Å². The lowest BCUT2D eigenvalue weighted by atomic mass is 10.2. The van der Waals surface area contributed by atoms with Crippen molar-refractivity contribution in [2.24, 2.45) is 5.92 Å². The number of benzene rings is 1. The smallest absolute Gasteiger partial charge is 0.319 e. The third kappa shape index (κ3) is 5.14. The highest BCUT2D eigenvalue weighted by Gasteiger charge is 2.29. The molecule has 3 amide bonds. The quantitative estimate of drug-likeness (QED) is 0.648. The summed E-state index contributed by atoms with van der Waals surface area (Å²) < 4.78 is 13.8. The molecule has 1 fully saturated rings. The average molecular weight is 352 g/mol. The summed E-state index contributed by atoms with van der Waals surface area (Å²) in [5, 5.41) is 17.2. The van der Waals surface area contributed by atoms with Crippen molar-refractivity contribution in [2.75, 3.05) is 30.8 Å². The topological polar surface area (TPSA) is 93.7 Å². The molecule has 1 saturated heterocycles. The number of carbonyl (C=O) groups is 2. The van der Waals surface area contributed by atoms with Crippen molar-refractivity contribution in [1.29, 1.82) is 0 Å². The number of urea groups is 1. The number of carbonyl (C=O) groups excluding carboxylic acids is 2. The molecular weight excluding hydrogens is 327 g/mol. The van der Waals surface area contributed by atoms with Crippen LogP contribution in [0.4, 0.5) is 20.6 Å². The number of halogens is 1. The lowest BCUT2D eigenvalue weighted by molar-refractivity contribution is -0.118. The molecule has 2 rings (SSSR count). The number of nitrogens with zero attached hydrogens (tertiary/aromatic N) is 1. The van der Waals surface area contributed by atoms with E-state index < -0.39 is 11.8 Å². The summed E-state index contributed by atoms with van der Waals surface area (Å²) in [6, 6.07) is 3.56. The number of likely N-dealkylation sites (N-methyl/N-ethyl adjacent to an activating group) is 1. The number of anilines is 2. The van der Waals surface area contributed by atoms with Gasteiger partial charge in [-0.15, -0.1) is 0 Å². The van der Waals surface area contributed by atoms with Gasteiger partial charge in [-0.05, 0) is 31.7 Å². The highest BCUT2D eigenvalue weighted by atomic mass is 19.1. The molecule has 1 heterocycles. The molecule has 0 unspecified atom stereocenters. The Morgan fingerprint density at radius 2 is 2.08 bits per heavy atom. The van der Waals surface area contributed by atoms with Gasteiger partial charge >= 0.3 is 6.03 Å². The van der Waals surface area contributed by atoms with Crippen molar-refractivity contribution < 1.29 is 19.1 Å². The molecule has 25 heavy (non-hydrogen) atoms. The molecule has 0 spiro atoms. The minimum absolute atomic E-state index is 0.0254. The number of aliphatic hydroxyl groups is 1. The second-order valence-electron chi connectivity index (χ2n) is 6.65. The molecule has 0 aliphatic carbocycles. The maximum Gasteiger partial charge on any atom is 0.319 e. The number of hydrogen-bond donors (Lipinski definition) is 4. The van der Waals surface area contributed by atoms with Gasteiger partial charge in [0.15, 0.2) is 0 Å². The zero-order valence-corrected chi connectivity index (χ0v) is 14.7. The van der Waals surface area contributed by atoms with Gasteiger partial charge in [-0.3, -0.25) is 9.69 Å². The molecule has 4 N–H and O–H groups in total. The summed E-state index contributed by atoms with van der Waals surface area (Å²) >= 11 is 0. The fourth-order valence-electron chi connectivity index (χ4n) is 2.73. The first kappa shape index (κ1) is 19.1. The Morgan fingerprint density at radius 3 is 2.68 bits per heavy atom. The van der Waals surface area contributed by atoms with Crippen LogP contribution >= 0.6 is 0 Å². The van der Waals surface area contributed by atoms with Crippen LogP contribution in [0.5, 0.6) is 0 Å². The molecule has 0 saturated carbocycles. The highest BCUT2D eigenvalue weighted by molar-refractivity contribution is 5.94. The Bertz CT molecular complexity index is 638. The van der Waals surface area contributed by atoms with Crippen LogP contribution in [0.25, 0.3) is 0 Å². The first-order valence-corrected chi connectivity index (χ1v) is 8.29. The minimum atomic E-state index is -0.567. The van der Waals surface area contributed by atoms with Crippen LogP contribution in [-0.2, 0) is 4.79 Å². The fourth-order valence-corrected chi connectivity index (χ4v) is 2.73. The normalized spacial score (nSPS) is 20.6. The first-order chi connectivity index (χ1) is 11.8. The predicted octanol–water partition coefficient (Wildman–Crippen LogP) is 1.61. The first-order valence-electron chi connectivity index (χ1n) is 8.29. The second-order valence-corrected chi connectivity index (χ2v) is 6.65. The maximum atomic E-state index is 13.8. The molecule has 138 valence electrons. The Balaban J connectivity index is 1.96. The Kier molecular flexibility index (Phi) is 6.33. The van der Waals surface area contributed by atoms with E-state index in [-0.39, 0.29) is 36.2 Å². The number of hydrogen-bond acceptors (Lipinski definition) is 4. The largest absolute Gasteiger partial charge is 0.395 e. The van der Waals surface area contributed by atoms with Crippen LogP contribution in [0, 0.1) is 11.7 Å². The van der Waals surface area contributed by atoms with Gasteiger partial charge in [0.1, 0.15) is 5.82 Å². The van der Waals surface area contributed by atoms with Crippen LogP contribution in [0.1, 0.15) is 20.3 Å². The molecule has 1 aromatic rings. The maximum absolute atomic E-state index is 13.8. The molecule has 7 nitrogen and oxygen atoms in total. The Hall–Kier alpha value is -2.19. The van der Waals surface area contributed by atoms with Gasteiger partial charge in [-0.25, -0.2) is 9.18 Å². The molecule has 2 atom stereocenters. The van der Waals surface area contributed by atoms with Crippen LogP contribution in [0.2, 0.25) is 0 Å². The van der Waals surface area contributed by atoms with Gasteiger partial charge in [0.25, 0.3) is 0 Å². The summed E-state index contributed by atoms with van der Waals surface area (Å²) in [5.41, 5.74) is 0.403. The summed E-state index contributed by atoms with van der Waals surface area (Å²) in [5.74, 6) is -1.15. The van der Waals surface area contributed by atoms with Gasteiger partial charge in [0.2, 0.25) is 5.91 Å². The standard InChI is InChI=1S/C17H25FN4O3/c1-10(2)16(24)21-15-7-11(4-5-14(15)18)19-17(25)20-12-6-13(9-23)22(3)8-12/h4-5,7,10,12-13,23H,6,8-9H2,1-3H3,(H,21,24)(H2,19,20,25)/t12-,13+/m1/s1. The van der Waals surface area contributed by atoms with Crippen LogP contribution < -0.4 is 16.0 Å². The fraction of sp³-hybridized carbons (Fsp3) is 0.529. The van der Waals surface area contributed by atoms with E-state index in [1.54, 1.807) is 13.8 Å². The van der Waals surface area contributed by atoms with Crippen molar-refractivity contribution in [2.45, 2.75) is 32.4 Å². The monoisotopic (exact) mass is 352 g/mol. The van der Waals surface area contributed by atoms with Gasteiger partial charge in [-0.1, -0.05) is 13.8 Å². The SMILES string of the molecule is CC(C)C(=O)Nc1cc(NC(=O)N[C@@H]2C[C@@H](CO)N(C)C2)ccc1F. The van der Waals surface area contributed by atoms with Crippen LogP contribution in [-0.4, -0.2) is 54.2 Å². The summed E-state index contributed by atoms with van der Waals surface area (Å²) in [7, 11) is 1.89. The van der Waals surface area contributed by atoms with Gasteiger partial charge in [-0.2, -0.15) is 0 Å². The number of amides is 3. The van der Waals surface area contributed by atoms with E-state index in [2.05, 4.69) is 16.0 Å². The molecule has 8 heteroatoms. The van der Waals surface area contributed by atoms with E-state index in [4.69, 9.17) is 0 Å². The minimum Gasteiger partial charge on any atom is -0.395 e. The molecular formula is C17H25FN4O3. The van der Waals surface area contributed by atoms with E-state index in [9.17, 15) is 19.1 Å². The second kappa shape index (κ2) is 8.26. The van der Waals surface area contributed by atoms with Crippen LogP contribution in [0.3, 0.4) is 0 Å². The van der Waals surface area contributed by atoms with Crippen molar-refractivity contribution >= 4 is 23.3 Å². The third-order valence-corrected chi connectivity index (χ3v) is 4.24. The number of likely N-dealkylation sites (tertiary alicyclic amines) is 1. The summed E-state index contributed by atoms with van der Waals surface area (Å²) in [6.45, 7) is 4.12. The predicted molar refractivity (Wildman–Crippen MR) is 93.9 cm³/mol. The molecule has 0 aromatic heterocycles. The zero-order chi connectivity index (χ0) is 18.6. The molecule has 0 bridgehead atoms. The van der Waals surface area contributed by atoms with E-state index in [0.717, 1.165) is 0 Å². The highest BCUT2D eigenvalue weighted by Crippen LogP contribution is 2.21. The average Bonchev–Trinajstić information content (AvgIpc) is 2.89. The number of rotatable bonds is 5. The molecule has 1 aliphatic heterocycles. The van der Waals surface area contributed by atoms with E-state index in [1.807, 2.05) is 11.9 Å². The van der Waals surface area contributed by atoms with E-state index in [1.165, 1.54) is 18.2 Å². The van der Waals surface area contributed by atoms with Gasteiger partial charge in [0, 0.05) is 30.2 Å². The number of nitrogens with one attached hydrogen (secondary N) is 3. The van der Waals surface area contributed by atoms with E-state index >= 15 is 0 Å². The van der Waals surface area contributed by atoms with E-state index in [0.29, 0.717) is 18.7 Å². The third-order valence-electron chi connectivity index (χ3n) is 4.24. The summed E-state index contributed by atoms with van der Waals surface area (Å²) in [4.78, 5) is 25.8. The van der Waals surface area contributed by atoms with Crippen LogP contribution in [0.15, 0.2) is 18.2 Å². The van der Waals surface area contributed by atoms with Crippen molar-refractivity contribution in [3.63, 3.8) is 0 Å². The molecule has 1 aliphatic rings. The zero-order valence-electron chi connectivity index (χ0n) is 14.7. The molecule has 1 aromatic carbocycles. The molecule has 0 radical (unpaired) electrons. The Labute approximate surface area is 146 Å². The van der Waals surface area contributed by atoms with Gasteiger partial charge < -0.3 is 21.1 Å². The lowest BCUT2D eigenvalue weighted by Crippen LogP contribution is -2.39. The number of aliphatic hydroxyl groups excluding tert-OH is 1.